The molecule has 0 atom stereocenters. The molecular weight excluding hydrogens is 408 g/mol. The third kappa shape index (κ3) is 4.06. The van der Waals surface area contributed by atoms with Gasteiger partial charge in [0.25, 0.3) is 0 Å². The van der Waals surface area contributed by atoms with E-state index in [9.17, 15) is 4.79 Å². The molecule has 4 rings (SSSR count). The molecule has 3 heterocycles. The summed E-state index contributed by atoms with van der Waals surface area (Å²) in [4.78, 5) is 16.0. The predicted molar refractivity (Wildman–Crippen MR) is 98.0 cm³/mol. The van der Waals surface area contributed by atoms with Crippen LogP contribution in [0.2, 0.25) is 0 Å². The number of methoxy groups -OCH3 is 1. The Kier molecular flexibility index (Phi) is 5.66. The van der Waals surface area contributed by atoms with Crippen molar-refractivity contribution >= 4 is 11.0 Å². The number of ether oxygens (including phenoxy) is 1. The third-order valence-electron chi connectivity index (χ3n) is 4.30. The topological polar surface area (TPSA) is 56.2 Å². The molecule has 0 fully saturated rings. The van der Waals surface area contributed by atoms with Gasteiger partial charge in [-0.25, -0.2) is 9.36 Å². The van der Waals surface area contributed by atoms with E-state index in [4.69, 9.17) is 9.15 Å². The van der Waals surface area contributed by atoms with Crippen molar-refractivity contribution in [1.29, 1.82) is 0 Å². The van der Waals surface area contributed by atoms with Crippen molar-refractivity contribution in [2.75, 3.05) is 7.11 Å². The van der Waals surface area contributed by atoms with E-state index < -0.39 is 0 Å². The van der Waals surface area contributed by atoms with Crippen LogP contribution in [0.3, 0.4) is 0 Å². The number of aromatic nitrogens is 2. The highest BCUT2D eigenvalue weighted by atomic mass is 79.9. The zero-order valence-corrected chi connectivity index (χ0v) is 16.2. The standard InChI is InChI=1S/C21H17N2O3.BrH/c1-25-18-2-3-19-17(12-21(24)26-20(19)13-18)14-23-10-6-16(7-11-23)15-4-8-22-9-5-15;/h2-13H,14H2,1H3;1H/q+1;/p-1. The van der Waals surface area contributed by atoms with Gasteiger partial charge >= 0.3 is 5.63 Å². The Balaban J connectivity index is 0.00000210. The average molecular weight is 425 g/mol. The molecular formula is C21H17BrN2O3. The Morgan fingerprint density at radius 2 is 1.70 bits per heavy atom. The van der Waals surface area contributed by atoms with Crippen LogP contribution in [0.1, 0.15) is 5.56 Å². The Bertz CT molecular complexity index is 1110. The zero-order chi connectivity index (χ0) is 17.9. The molecule has 0 bridgehead atoms. The summed E-state index contributed by atoms with van der Waals surface area (Å²) in [6.45, 7) is 0.574. The lowest BCUT2D eigenvalue weighted by Crippen LogP contribution is -3.00. The number of rotatable bonds is 4. The van der Waals surface area contributed by atoms with Crippen LogP contribution in [-0.2, 0) is 6.54 Å². The highest BCUT2D eigenvalue weighted by Gasteiger charge is 2.11. The number of hydrogen-bond acceptors (Lipinski definition) is 4. The molecule has 0 aliphatic heterocycles. The van der Waals surface area contributed by atoms with E-state index >= 15 is 0 Å². The van der Waals surface area contributed by atoms with E-state index in [2.05, 4.69) is 4.98 Å². The first-order valence-corrected chi connectivity index (χ1v) is 8.23. The number of nitrogens with zero attached hydrogens (tertiary/aromatic N) is 2. The first kappa shape index (κ1) is 18.8. The van der Waals surface area contributed by atoms with Gasteiger partial charge in [0, 0.05) is 47.6 Å². The molecule has 0 N–H and O–H groups in total. The van der Waals surface area contributed by atoms with Gasteiger partial charge in [-0.3, -0.25) is 4.98 Å². The maximum Gasteiger partial charge on any atom is 0.336 e. The molecule has 4 aromatic rings. The smallest absolute Gasteiger partial charge is 0.336 e. The van der Waals surface area contributed by atoms with Crippen LogP contribution in [0.5, 0.6) is 5.75 Å². The monoisotopic (exact) mass is 424 g/mol. The fourth-order valence-corrected chi connectivity index (χ4v) is 2.96. The summed E-state index contributed by atoms with van der Waals surface area (Å²) in [5, 5.41) is 0.899. The molecule has 27 heavy (non-hydrogen) atoms. The number of halogens is 1. The van der Waals surface area contributed by atoms with Crippen LogP contribution in [0.25, 0.3) is 22.1 Å². The first-order chi connectivity index (χ1) is 12.7. The highest BCUT2D eigenvalue weighted by Crippen LogP contribution is 2.22. The van der Waals surface area contributed by atoms with E-state index in [0.717, 1.165) is 22.1 Å². The molecule has 0 radical (unpaired) electrons. The maximum atomic E-state index is 11.9. The van der Waals surface area contributed by atoms with Crippen molar-refractivity contribution in [1.82, 2.24) is 4.98 Å². The summed E-state index contributed by atoms with van der Waals surface area (Å²) in [6, 6.07) is 15.1. The number of benzene rings is 1. The quantitative estimate of drug-likeness (QED) is 0.347. The van der Waals surface area contributed by atoms with E-state index in [1.54, 1.807) is 31.6 Å². The Morgan fingerprint density at radius 3 is 2.41 bits per heavy atom. The van der Waals surface area contributed by atoms with E-state index in [-0.39, 0.29) is 22.6 Å². The van der Waals surface area contributed by atoms with Gasteiger partial charge in [0.15, 0.2) is 18.9 Å². The fourth-order valence-electron chi connectivity index (χ4n) is 2.96. The Morgan fingerprint density at radius 1 is 1.00 bits per heavy atom. The summed E-state index contributed by atoms with van der Waals surface area (Å²) in [6.07, 6.45) is 7.56. The van der Waals surface area contributed by atoms with E-state index in [1.165, 1.54) is 0 Å². The molecule has 5 nitrogen and oxygen atoms in total. The van der Waals surface area contributed by atoms with Gasteiger partial charge in [0.05, 0.1) is 7.11 Å². The number of hydrogen-bond donors (Lipinski definition) is 0. The maximum absolute atomic E-state index is 11.9. The van der Waals surface area contributed by atoms with Gasteiger partial charge in [-0.1, -0.05) is 0 Å². The predicted octanol–water partition coefficient (Wildman–Crippen LogP) is 0.203. The van der Waals surface area contributed by atoms with Crippen molar-refractivity contribution < 1.29 is 30.7 Å². The molecule has 0 unspecified atom stereocenters. The summed E-state index contributed by atoms with van der Waals surface area (Å²) < 4.78 is 12.5. The number of pyridine rings is 2. The minimum atomic E-state index is -0.366. The van der Waals surface area contributed by atoms with Gasteiger partial charge in [0.1, 0.15) is 11.3 Å². The van der Waals surface area contributed by atoms with Crippen molar-refractivity contribution in [3.05, 3.63) is 89.3 Å². The molecule has 0 saturated heterocycles. The normalized spacial score (nSPS) is 10.4. The summed E-state index contributed by atoms with van der Waals surface area (Å²) in [5.74, 6) is 0.659. The number of fused-ring (bicyclic) bond motifs is 1. The van der Waals surface area contributed by atoms with Gasteiger partial charge in [-0.05, 0) is 35.4 Å². The van der Waals surface area contributed by atoms with E-state index in [1.807, 2.05) is 53.4 Å². The highest BCUT2D eigenvalue weighted by molar-refractivity contribution is 5.81. The van der Waals surface area contributed by atoms with Crippen molar-refractivity contribution in [3.63, 3.8) is 0 Å². The van der Waals surface area contributed by atoms with Crippen LogP contribution in [0.15, 0.2) is 82.5 Å². The summed E-state index contributed by atoms with van der Waals surface area (Å²) in [5.41, 5.74) is 3.30. The molecule has 0 saturated carbocycles. The lowest BCUT2D eigenvalue weighted by atomic mass is 10.1. The molecule has 3 aromatic heterocycles. The lowest BCUT2D eigenvalue weighted by molar-refractivity contribution is -0.688. The Labute approximate surface area is 166 Å². The molecule has 6 heteroatoms. The van der Waals surface area contributed by atoms with Gasteiger partial charge in [0.2, 0.25) is 0 Å². The lowest BCUT2D eigenvalue weighted by Gasteiger charge is -2.05. The van der Waals surface area contributed by atoms with Gasteiger partial charge < -0.3 is 26.1 Å². The molecule has 0 aliphatic carbocycles. The van der Waals surface area contributed by atoms with Crippen LogP contribution in [0, 0.1) is 0 Å². The van der Waals surface area contributed by atoms with E-state index in [0.29, 0.717) is 17.9 Å². The van der Waals surface area contributed by atoms with Crippen LogP contribution in [-0.4, -0.2) is 12.1 Å². The molecule has 0 spiro atoms. The summed E-state index contributed by atoms with van der Waals surface area (Å²) in [7, 11) is 1.59. The molecule has 1 aromatic carbocycles. The minimum absolute atomic E-state index is 0. The molecule has 0 amide bonds. The second kappa shape index (κ2) is 8.14. The largest absolute Gasteiger partial charge is 1.00 e. The first-order valence-electron chi connectivity index (χ1n) is 8.23. The van der Waals surface area contributed by atoms with Crippen LogP contribution < -0.4 is 31.9 Å². The molecule has 136 valence electrons. The van der Waals surface area contributed by atoms with Crippen molar-refractivity contribution in [3.8, 4) is 16.9 Å². The SMILES string of the molecule is COc1ccc2c(C[n+]3ccc(-c4ccncc4)cc3)cc(=O)oc2c1.[Br-]. The van der Waals surface area contributed by atoms with Crippen LogP contribution >= 0.6 is 0 Å². The fraction of sp³-hybridized carbons (Fsp3) is 0.0952. The van der Waals surface area contributed by atoms with Crippen LogP contribution in [0.4, 0.5) is 0 Å². The average Bonchev–Trinajstić information content (AvgIpc) is 2.68. The second-order valence-corrected chi connectivity index (χ2v) is 5.95. The zero-order valence-electron chi connectivity index (χ0n) is 14.6. The van der Waals surface area contributed by atoms with Gasteiger partial charge in [-0.2, -0.15) is 0 Å². The van der Waals surface area contributed by atoms with Crippen molar-refractivity contribution in [2.45, 2.75) is 6.54 Å². The Hall–Kier alpha value is -2.99. The second-order valence-electron chi connectivity index (χ2n) is 5.95. The van der Waals surface area contributed by atoms with Crippen molar-refractivity contribution in [2.24, 2.45) is 0 Å². The minimum Gasteiger partial charge on any atom is -1.00 e. The summed E-state index contributed by atoms with van der Waals surface area (Å²) >= 11 is 0. The third-order valence-corrected chi connectivity index (χ3v) is 4.30. The molecule has 0 aliphatic rings. The van der Waals surface area contributed by atoms with Gasteiger partial charge in [-0.15, -0.1) is 0 Å².